The first-order chi connectivity index (χ1) is 13.7. The SMILES string of the molecule is CNc1nc(-c2cccnc2)nc2cc(OC)c(-c3cccc(OC)c3)cc12. The summed E-state index contributed by atoms with van der Waals surface area (Å²) in [5, 5.41) is 4.09. The molecule has 0 saturated heterocycles. The molecule has 0 aliphatic heterocycles. The summed E-state index contributed by atoms with van der Waals surface area (Å²) >= 11 is 0. The molecule has 0 bridgehead atoms. The summed E-state index contributed by atoms with van der Waals surface area (Å²) in [5.41, 5.74) is 3.60. The molecule has 0 radical (unpaired) electrons. The van der Waals surface area contributed by atoms with E-state index < -0.39 is 0 Å². The highest BCUT2D eigenvalue weighted by Gasteiger charge is 2.15. The predicted octanol–water partition coefficient (Wildman–Crippen LogP) is 4.42. The number of pyridine rings is 1. The molecule has 0 aliphatic carbocycles. The minimum Gasteiger partial charge on any atom is -0.497 e. The summed E-state index contributed by atoms with van der Waals surface area (Å²) in [6.45, 7) is 0. The fourth-order valence-electron chi connectivity index (χ4n) is 3.16. The van der Waals surface area contributed by atoms with E-state index in [9.17, 15) is 0 Å². The molecular weight excluding hydrogens is 352 g/mol. The van der Waals surface area contributed by atoms with Gasteiger partial charge in [-0.15, -0.1) is 0 Å². The van der Waals surface area contributed by atoms with Crippen LogP contribution in [0.25, 0.3) is 33.4 Å². The van der Waals surface area contributed by atoms with Crippen LogP contribution in [0, 0.1) is 0 Å². The average Bonchev–Trinajstić information content (AvgIpc) is 2.77. The number of rotatable bonds is 5. The van der Waals surface area contributed by atoms with Crippen LogP contribution in [-0.2, 0) is 0 Å². The fourth-order valence-corrected chi connectivity index (χ4v) is 3.16. The highest BCUT2D eigenvalue weighted by molar-refractivity contribution is 5.96. The number of hydrogen-bond donors (Lipinski definition) is 1. The van der Waals surface area contributed by atoms with Crippen molar-refractivity contribution >= 4 is 16.7 Å². The number of methoxy groups -OCH3 is 2. The van der Waals surface area contributed by atoms with Crippen LogP contribution >= 0.6 is 0 Å². The van der Waals surface area contributed by atoms with E-state index in [4.69, 9.17) is 14.5 Å². The monoisotopic (exact) mass is 372 g/mol. The number of anilines is 1. The van der Waals surface area contributed by atoms with Gasteiger partial charge in [-0.05, 0) is 35.9 Å². The van der Waals surface area contributed by atoms with Crippen LogP contribution in [-0.4, -0.2) is 36.2 Å². The number of hydrogen-bond acceptors (Lipinski definition) is 6. The summed E-state index contributed by atoms with van der Waals surface area (Å²) in [5.74, 6) is 2.88. The molecule has 28 heavy (non-hydrogen) atoms. The molecule has 2 heterocycles. The summed E-state index contributed by atoms with van der Waals surface area (Å²) < 4.78 is 11.0. The van der Waals surface area contributed by atoms with Crippen LogP contribution in [0.15, 0.2) is 60.9 Å². The van der Waals surface area contributed by atoms with Crippen molar-refractivity contribution in [2.75, 3.05) is 26.6 Å². The maximum atomic E-state index is 5.67. The van der Waals surface area contributed by atoms with Crippen LogP contribution in [0.5, 0.6) is 11.5 Å². The molecule has 4 aromatic rings. The van der Waals surface area contributed by atoms with Gasteiger partial charge in [-0.25, -0.2) is 9.97 Å². The Hall–Kier alpha value is -3.67. The molecule has 6 heteroatoms. The highest BCUT2D eigenvalue weighted by Crippen LogP contribution is 2.37. The Morgan fingerprint density at radius 1 is 0.893 bits per heavy atom. The molecule has 4 rings (SSSR count). The standard InChI is InChI=1S/C22H20N4O2/c1-23-22-18-11-17(14-6-4-8-16(10-14)27-2)20(28-3)12-19(18)25-21(26-22)15-7-5-9-24-13-15/h4-13H,1-3H3,(H,23,25,26). The first kappa shape index (κ1) is 17.7. The van der Waals surface area contributed by atoms with Crippen LogP contribution in [0.2, 0.25) is 0 Å². The van der Waals surface area contributed by atoms with E-state index in [1.165, 1.54) is 0 Å². The first-order valence-corrected chi connectivity index (χ1v) is 8.86. The zero-order valence-corrected chi connectivity index (χ0v) is 15.9. The second kappa shape index (κ2) is 7.52. The summed E-state index contributed by atoms with van der Waals surface area (Å²) in [4.78, 5) is 13.6. The van der Waals surface area contributed by atoms with E-state index >= 15 is 0 Å². The Labute approximate surface area is 163 Å². The summed E-state index contributed by atoms with van der Waals surface area (Å²) in [6, 6.07) is 15.7. The summed E-state index contributed by atoms with van der Waals surface area (Å²) in [7, 11) is 5.17. The molecule has 1 N–H and O–H groups in total. The number of fused-ring (bicyclic) bond motifs is 1. The first-order valence-electron chi connectivity index (χ1n) is 8.86. The van der Waals surface area contributed by atoms with Gasteiger partial charge in [-0.2, -0.15) is 0 Å². The lowest BCUT2D eigenvalue weighted by atomic mass is 10.0. The maximum absolute atomic E-state index is 5.67. The van der Waals surface area contributed by atoms with Crippen molar-refractivity contribution in [3.63, 3.8) is 0 Å². The van der Waals surface area contributed by atoms with Gasteiger partial charge in [-0.1, -0.05) is 12.1 Å². The lowest BCUT2D eigenvalue weighted by molar-refractivity contribution is 0.414. The van der Waals surface area contributed by atoms with E-state index in [0.717, 1.165) is 44.9 Å². The van der Waals surface area contributed by atoms with Gasteiger partial charge < -0.3 is 14.8 Å². The minimum atomic E-state index is 0.612. The molecular formula is C22H20N4O2. The van der Waals surface area contributed by atoms with Crippen LogP contribution < -0.4 is 14.8 Å². The topological polar surface area (TPSA) is 69.2 Å². The van der Waals surface area contributed by atoms with E-state index in [1.54, 1.807) is 26.6 Å². The van der Waals surface area contributed by atoms with E-state index in [1.807, 2.05) is 55.6 Å². The van der Waals surface area contributed by atoms with Gasteiger partial charge in [0.05, 0.1) is 19.7 Å². The predicted molar refractivity (Wildman–Crippen MR) is 111 cm³/mol. The van der Waals surface area contributed by atoms with Gasteiger partial charge in [0.25, 0.3) is 0 Å². The molecule has 0 spiro atoms. The Morgan fingerprint density at radius 2 is 1.75 bits per heavy atom. The van der Waals surface area contributed by atoms with Gasteiger partial charge in [0.1, 0.15) is 17.3 Å². The summed E-state index contributed by atoms with van der Waals surface area (Å²) in [6.07, 6.45) is 3.48. The molecule has 0 saturated carbocycles. The number of nitrogens with zero attached hydrogens (tertiary/aromatic N) is 3. The number of nitrogens with one attached hydrogen (secondary N) is 1. The van der Waals surface area contributed by atoms with E-state index in [0.29, 0.717) is 5.82 Å². The average molecular weight is 372 g/mol. The van der Waals surface area contributed by atoms with Gasteiger partial charge in [-0.3, -0.25) is 4.98 Å². The van der Waals surface area contributed by atoms with Crippen molar-refractivity contribution in [1.29, 1.82) is 0 Å². The molecule has 0 fully saturated rings. The largest absolute Gasteiger partial charge is 0.497 e. The third-order valence-corrected chi connectivity index (χ3v) is 4.55. The fraction of sp³-hybridized carbons (Fsp3) is 0.136. The quantitative estimate of drug-likeness (QED) is 0.559. The van der Waals surface area contributed by atoms with Gasteiger partial charge in [0.15, 0.2) is 5.82 Å². The van der Waals surface area contributed by atoms with Crippen molar-refractivity contribution in [2.45, 2.75) is 0 Å². The number of benzene rings is 2. The molecule has 0 amide bonds. The zero-order chi connectivity index (χ0) is 19.5. The Morgan fingerprint density at radius 3 is 2.46 bits per heavy atom. The highest BCUT2D eigenvalue weighted by atomic mass is 16.5. The molecule has 6 nitrogen and oxygen atoms in total. The van der Waals surface area contributed by atoms with E-state index in [2.05, 4.69) is 15.3 Å². The molecule has 0 aliphatic rings. The Bertz CT molecular complexity index is 1130. The van der Waals surface area contributed by atoms with Crippen molar-refractivity contribution in [1.82, 2.24) is 15.0 Å². The molecule has 0 atom stereocenters. The van der Waals surface area contributed by atoms with Crippen molar-refractivity contribution in [3.05, 3.63) is 60.9 Å². The lowest BCUT2D eigenvalue weighted by Crippen LogP contribution is -2.00. The van der Waals surface area contributed by atoms with Crippen molar-refractivity contribution < 1.29 is 9.47 Å². The Balaban J connectivity index is 1.94. The zero-order valence-electron chi connectivity index (χ0n) is 15.9. The number of ether oxygens (including phenoxy) is 2. The molecule has 0 unspecified atom stereocenters. The molecule has 140 valence electrons. The van der Waals surface area contributed by atoms with E-state index in [-0.39, 0.29) is 0 Å². The molecule has 2 aromatic carbocycles. The van der Waals surface area contributed by atoms with Gasteiger partial charge >= 0.3 is 0 Å². The van der Waals surface area contributed by atoms with Crippen LogP contribution in [0.4, 0.5) is 5.82 Å². The second-order valence-electron chi connectivity index (χ2n) is 6.19. The second-order valence-corrected chi connectivity index (χ2v) is 6.19. The van der Waals surface area contributed by atoms with Gasteiger partial charge in [0.2, 0.25) is 0 Å². The number of aromatic nitrogens is 3. The third-order valence-electron chi connectivity index (χ3n) is 4.55. The smallest absolute Gasteiger partial charge is 0.163 e. The van der Waals surface area contributed by atoms with Crippen molar-refractivity contribution in [2.24, 2.45) is 0 Å². The normalized spacial score (nSPS) is 10.7. The molecule has 2 aromatic heterocycles. The Kier molecular flexibility index (Phi) is 4.76. The maximum Gasteiger partial charge on any atom is 0.163 e. The van der Waals surface area contributed by atoms with Gasteiger partial charge in [0, 0.05) is 42.0 Å². The van der Waals surface area contributed by atoms with Crippen LogP contribution in [0.1, 0.15) is 0 Å². The van der Waals surface area contributed by atoms with Crippen molar-refractivity contribution in [3.8, 4) is 34.0 Å². The minimum absolute atomic E-state index is 0.612. The van der Waals surface area contributed by atoms with Crippen LogP contribution in [0.3, 0.4) is 0 Å². The third kappa shape index (κ3) is 3.20. The lowest BCUT2D eigenvalue weighted by Gasteiger charge is -2.14.